The number of thioether (sulfide) groups is 1. The van der Waals surface area contributed by atoms with Crippen LogP contribution in [0.3, 0.4) is 0 Å². The van der Waals surface area contributed by atoms with Crippen LogP contribution in [-0.2, 0) is 0 Å². The van der Waals surface area contributed by atoms with Crippen molar-refractivity contribution in [2.75, 3.05) is 24.7 Å². The Morgan fingerprint density at radius 1 is 0.967 bits per heavy atom. The van der Waals surface area contributed by atoms with E-state index in [1.54, 1.807) is 73.6 Å². The van der Waals surface area contributed by atoms with E-state index in [9.17, 15) is 9.59 Å². The molecule has 3 aromatic rings. The van der Waals surface area contributed by atoms with Crippen molar-refractivity contribution < 1.29 is 14.3 Å². The van der Waals surface area contributed by atoms with Crippen LogP contribution >= 0.6 is 11.8 Å². The van der Waals surface area contributed by atoms with Gasteiger partial charge in [0, 0.05) is 24.1 Å². The van der Waals surface area contributed by atoms with Crippen LogP contribution in [0, 0.1) is 0 Å². The van der Waals surface area contributed by atoms with Crippen LogP contribution in [-0.4, -0.2) is 36.2 Å². The number of carbonyl (C=O) groups is 2. The second-order valence-corrected chi connectivity index (χ2v) is 7.47. The Morgan fingerprint density at radius 2 is 1.73 bits per heavy atom. The summed E-state index contributed by atoms with van der Waals surface area (Å²) >= 11 is 1.65. The summed E-state index contributed by atoms with van der Waals surface area (Å²) in [7, 11) is 1.57. The number of benzene rings is 2. The van der Waals surface area contributed by atoms with E-state index in [1.165, 1.54) is 0 Å². The molecule has 0 aliphatic heterocycles. The highest BCUT2D eigenvalue weighted by Crippen LogP contribution is 2.18. The molecule has 2 N–H and O–H groups in total. The normalized spacial score (nSPS) is 10.3. The predicted octanol–water partition coefficient (Wildman–Crippen LogP) is 4.25. The number of hydrogen-bond donors (Lipinski definition) is 2. The second kappa shape index (κ2) is 11.0. The molecule has 7 heteroatoms. The summed E-state index contributed by atoms with van der Waals surface area (Å²) in [5, 5.41) is 6.70. The number of anilines is 1. The van der Waals surface area contributed by atoms with Crippen LogP contribution in [0.15, 0.2) is 78.0 Å². The maximum atomic E-state index is 12.6. The highest BCUT2D eigenvalue weighted by atomic mass is 32.2. The summed E-state index contributed by atoms with van der Waals surface area (Å²) in [6.45, 7) is 0.541. The standard InChI is InChI=1S/C23H23N3O3S/c1-29-18-12-10-17(11-13-18)22(27)26-20-8-3-2-7-19(20)23(28)25-15-6-16-30-21-9-4-5-14-24-21/h2-5,7-14H,6,15-16H2,1H3,(H,25,28)(H,26,27). The zero-order chi connectivity index (χ0) is 21.2. The summed E-state index contributed by atoms with van der Waals surface area (Å²) in [5.41, 5.74) is 1.38. The van der Waals surface area contributed by atoms with Crippen LogP contribution in [0.4, 0.5) is 5.69 Å². The SMILES string of the molecule is COc1ccc(C(=O)Nc2ccccc2C(=O)NCCCSc2ccccn2)cc1. The van der Waals surface area contributed by atoms with Gasteiger partial charge in [-0.1, -0.05) is 18.2 Å². The van der Waals surface area contributed by atoms with Gasteiger partial charge in [0.1, 0.15) is 5.75 Å². The van der Waals surface area contributed by atoms with Gasteiger partial charge in [0.05, 0.1) is 23.4 Å². The summed E-state index contributed by atoms with van der Waals surface area (Å²) in [4.78, 5) is 29.4. The molecule has 6 nitrogen and oxygen atoms in total. The van der Waals surface area contributed by atoms with Gasteiger partial charge in [0.25, 0.3) is 11.8 Å². The van der Waals surface area contributed by atoms with Crippen molar-refractivity contribution in [2.24, 2.45) is 0 Å². The Balaban J connectivity index is 1.53. The first-order chi connectivity index (χ1) is 14.7. The lowest BCUT2D eigenvalue weighted by molar-refractivity contribution is 0.0954. The molecule has 2 amide bonds. The maximum absolute atomic E-state index is 12.6. The molecule has 0 saturated heterocycles. The van der Waals surface area contributed by atoms with Crippen molar-refractivity contribution in [2.45, 2.75) is 11.4 Å². The van der Waals surface area contributed by atoms with Crippen LogP contribution < -0.4 is 15.4 Å². The molecule has 1 heterocycles. The van der Waals surface area contributed by atoms with Gasteiger partial charge < -0.3 is 15.4 Å². The molecule has 0 spiro atoms. The van der Waals surface area contributed by atoms with Gasteiger partial charge in [-0.05, 0) is 55.0 Å². The highest BCUT2D eigenvalue weighted by molar-refractivity contribution is 7.99. The molecule has 2 aromatic carbocycles. The Kier molecular flexibility index (Phi) is 7.86. The first-order valence-corrected chi connectivity index (χ1v) is 10.5. The summed E-state index contributed by atoms with van der Waals surface area (Å²) in [5.74, 6) is 1.02. The first kappa shape index (κ1) is 21.4. The molecule has 0 atom stereocenters. The van der Waals surface area contributed by atoms with Crippen LogP contribution in [0.5, 0.6) is 5.75 Å². The van der Waals surface area contributed by atoms with Gasteiger partial charge in [-0.2, -0.15) is 0 Å². The van der Waals surface area contributed by atoms with Crippen LogP contribution in [0.25, 0.3) is 0 Å². The molecule has 0 unspecified atom stereocenters. The summed E-state index contributed by atoms with van der Waals surface area (Å²) in [6.07, 6.45) is 2.58. The van der Waals surface area contributed by atoms with Gasteiger partial charge in [-0.15, -0.1) is 11.8 Å². The van der Waals surface area contributed by atoms with Gasteiger partial charge in [0.2, 0.25) is 0 Å². The lowest BCUT2D eigenvalue weighted by Gasteiger charge is -2.12. The van der Waals surface area contributed by atoms with Crippen molar-refractivity contribution in [1.82, 2.24) is 10.3 Å². The molecule has 30 heavy (non-hydrogen) atoms. The average molecular weight is 422 g/mol. The number of methoxy groups -OCH3 is 1. The smallest absolute Gasteiger partial charge is 0.255 e. The van der Waals surface area contributed by atoms with Crippen molar-refractivity contribution >= 4 is 29.3 Å². The number of ether oxygens (including phenoxy) is 1. The number of carbonyl (C=O) groups excluding carboxylic acids is 2. The summed E-state index contributed by atoms with van der Waals surface area (Å²) in [6, 6.07) is 19.6. The van der Waals surface area contributed by atoms with E-state index >= 15 is 0 Å². The van der Waals surface area contributed by atoms with Crippen molar-refractivity contribution in [1.29, 1.82) is 0 Å². The predicted molar refractivity (Wildman–Crippen MR) is 119 cm³/mol. The second-order valence-electron chi connectivity index (χ2n) is 6.35. The molecule has 1 aromatic heterocycles. The number of para-hydroxylation sites is 1. The van der Waals surface area contributed by atoms with Crippen molar-refractivity contribution in [3.63, 3.8) is 0 Å². The zero-order valence-electron chi connectivity index (χ0n) is 16.6. The van der Waals surface area contributed by atoms with E-state index < -0.39 is 0 Å². The molecule has 0 bridgehead atoms. The Bertz CT molecular complexity index is 978. The number of hydrogen-bond acceptors (Lipinski definition) is 5. The minimum absolute atomic E-state index is 0.219. The van der Waals surface area contributed by atoms with E-state index in [-0.39, 0.29) is 11.8 Å². The fraction of sp³-hybridized carbons (Fsp3) is 0.174. The van der Waals surface area contributed by atoms with Gasteiger partial charge >= 0.3 is 0 Å². The number of amides is 2. The molecule has 3 rings (SSSR count). The van der Waals surface area contributed by atoms with E-state index in [1.807, 2.05) is 18.2 Å². The van der Waals surface area contributed by atoms with Crippen LogP contribution in [0.2, 0.25) is 0 Å². The Hall–Kier alpha value is -3.32. The molecule has 0 fully saturated rings. The average Bonchev–Trinajstić information content (AvgIpc) is 2.80. The number of rotatable bonds is 9. The van der Waals surface area contributed by atoms with Gasteiger partial charge in [-0.25, -0.2) is 4.98 Å². The van der Waals surface area contributed by atoms with Crippen molar-refractivity contribution in [3.8, 4) is 5.75 Å². The van der Waals surface area contributed by atoms with E-state index in [4.69, 9.17) is 4.74 Å². The minimum atomic E-state index is -0.287. The molecular weight excluding hydrogens is 398 g/mol. The Morgan fingerprint density at radius 3 is 2.47 bits per heavy atom. The topological polar surface area (TPSA) is 80.3 Å². The maximum Gasteiger partial charge on any atom is 0.255 e. The number of pyridine rings is 1. The first-order valence-electron chi connectivity index (χ1n) is 9.54. The third kappa shape index (κ3) is 6.09. The fourth-order valence-corrected chi connectivity index (χ4v) is 3.51. The molecule has 0 saturated carbocycles. The lowest BCUT2D eigenvalue weighted by Crippen LogP contribution is -2.26. The fourth-order valence-electron chi connectivity index (χ4n) is 2.71. The Labute approximate surface area is 180 Å². The van der Waals surface area contributed by atoms with E-state index in [0.717, 1.165) is 17.2 Å². The van der Waals surface area contributed by atoms with Crippen LogP contribution in [0.1, 0.15) is 27.1 Å². The van der Waals surface area contributed by atoms with E-state index in [0.29, 0.717) is 29.1 Å². The molecule has 0 aliphatic rings. The van der Waals surface area contributed by atoms with E-state index in [2.05, 4.69) is 15.6 Å². The number of aromatic nitrogens is 1. The van der Waals surface area contributed by atoms with Crippen molar-refractivity contribution in [3.05, 3.63) is 84.1 Å². The number of nitrogens with zero attached hydrogens (tertiary/aromatic N) is 1. The minimum Gasteiger partial charge on any atom is -0.497 e. The zero-order valence-corrected chi connectivity index (χ0v) is 17.4. The third-order valence-electron chi connectivity index (χ3n) is 4.27. The summed E-state index contributed by atoms with van der Waals surface area (Å²) < 4.78 is 5.11. The molecular formula is C23H23N3O3S. The molecule has 0 aliphatic carbocycles. The van der Waals surface area contributed by atoms with Gasteiger partial charge in [-0.3, -0.25) is 9.59 Å². The monoisotopic (exact) mass is 421 g/mol. The largest absolute Gasteiger partial charge is 0.497 e. The molecule has 0 radical (unpaired) electrons. The lowest BCUT2D eigenvalue weighted by atomic mass is 10.1. The van der Waals surface area contributed by atoms with Gasteiger partial charge in [0.15, 0.2) is 0 Å². The molecule has 154 valence electrons. The number of nitrogens with one attached hydrogen (secondary N) is 2. The third-order valence-corrected chi connectivity index (χ3v) is 5.30. The quantitative estimate of drug-likeness (QED) is 0.399. The highest BCUT2D eigenvalue weighted by Gasteiger charge is 2.14.